The third kappa shape index (κ3) is 5.13. The molecule has 1 saturated carbocycles. The van der Waals surface area contributed by atoms with Gasteiger partial charge in [-0.2, -0.15) is 18.3 Å². The van der Waals surface area contributed by atoms with Gasteiger partial charge in [0.05, 0.1) is 28.0 Å². The maximum atomic E-state index is 15.1. The second-order valence-corrected chi connectivity index (χ2v) is 8.48. The van der Waals surface area contributed by atoms with E-state index in [2.05, 4.69) is 10.4 Å². The molecule has 2 aromatic carbocycles. The fourth-order valence-corrected chi connectivity index (χ4v) is 3.57. The summed E-state index contributed by atoms with van der Waals surface area (Å²) >= 11 is 5.89. The molecule has 0 saturated heterocycles. The predicted molar refractivity (Wildman–Crippen MR) is 118 cm³/mol. The Hall–Kier alpha value is -3.67. The van der Waals surface area contributed by atoms with Crippen LogP contribution in [0.2, 0.25) is 5.02 Å². The van der Waals surface area contributed by atoms with Crippen molar-refractivity contribution in [3.8, 4) is 17.0 Å². The third-order valence-corrected chi connectivity index (χ3v) is 5.72. The number of amides is 1. The van der Waals surface area contributed by atoms with Gasteiger partial charge in [0.1, 0.15) is 23.1 Å². The van der Waals surface area contributed by atoms with Crippen molar-refractivity contribution in [2.24, 2.45) is 0 Å². The molecule has 0 bridgehead atoms. The van der Waals surface area contributed by atoms with Crippen molar-refractivity contribution < 1.29 is 41.4 Å². The number of nitrogens with zero attached hydrogens (tertiary/aromatic N) is 2. The molecular formula is C23H17ClF5N3O4. The van der Waals surface area contributed by atoms with Crippen molar-refractivity contribution in [1.82, 2.24) is 9.78 Å². The Balaban J connectivity index is 1.79. The molecule has 13 heteroatoms. The van der Waals surface area contributed by atoms with Crippen molar-refractivity contribution in [3.63, 3.8) is 0 Å². The van der Waals surface area contributed by atoms with E-state index in [1.165, 1.54) is 16.8 Å². The van der Waals surface area contributed by atoms with Crippen molar-refractivity contribution >= 4 is 29.2 Å². The number of para-hydroxylation sites is 1. The smallest absolute Gasteiger partial charge is 0.425 e. The highest BCUT2D eigenvalue weighted by molar-refractivity contribution is 6.34. The number of carboxylic acid groups (broad SMARTS) is 1. The van der Waals surface area contributed by atoms with E-state index in [9.17, 15) is 32.3 Å². The Morgan fingerprint density at radius 2 is 1.89 bits per heavy atom. The number of carbonyl (C=O) groups is 2. The molecule has 1 fully saturated rings. The standard InChI is InChI=1S/C23H17ClF5N3O4/c1-10(23(27,28)29)36-19-8-12(17-9-18(22(34)35)32(31-17)11-5-6-11)16(26)7-13(19)21(33)30-20-14(24)3-2-4-15(20)25/h2-4,7-11H,5-6H2,1H3,(H,30,33)(H,34,35)/t10-/m0/s1. The lowest BCUT2D eigenvalue weighted by atomic mass is 10.1. The SMILES string of the molecule is C[C@H](Oc1cc(-c2cc(C(=O)O)n(C3CC3)n2)c(F)cc1C(=O)Nc1c(F)cccc1Cl)C(F)(F)F. The zero-order valence-electron chi connectivity index (χ0n) is 18.4. The molecular weight excluding hydrogens is 513 g/mol. The van der Waals surface area contributed by atoms with E-state index in [1.807, 2.05) is 0 Å². The van der Waals surface area contributed by atoms with Crippen LogP contribution >= 0.6 is 11.6 Å². The monoisotopic (exact) mass is 529 g/mol. The van der Waals surface area contributed by atoms with Gasteiger partial charge in [-0.1, -0.05) is 17.7 Å². The van der Waals surface area contributed by atoms with Crippen LogP contribution in [0.15, 0.2) is 36.4 Å². The molecule has 7 nitrogen and oxygen atoms in total. The van der Waals surface area contributed by atoms with E-state index in [0.717, 1.165) is 18.2 Å². The fourth-order valence-electron chi connectivity index (χ4n) is 3.36. The number of carboxylic acids is 1. The van der Waals surface area contributed by atoms with E-state index in [4.69, 9.17) is 16.3 Å². The number of hydrogen-bond donors (Lipinski definition) is 2. The largest absolute Gasteiger partial charge is 0.480 e. The van der Waals surface area contributed by atoms with Crippen molar-refractivity contribution in [2.45, 2.75) is 38.1 Å². The van der Waals surface area contributed by atoms with Gasteiger partial charge in [0.25, 0.3) is 5.91 Å². The first-order valence-corrected chi connectivity index (χ1v) is 10.9. The van der Waals surface area contributed by atoms with Crippen LogP contribution in [0.5, 0.6) is 5.75 Å². The van der Waals surface area contributed by atoms with Crippen molar-refractivity contribution in [2.75, 3.05) is 5.32 Å². The van der Waals surface area contributed by atoms with E-state index in [-0.39, 0.29) is 28.0 Å². The zero-order valence-corrected chi connectivity index (χ0v) is 19.1. The number of rotatable bonds is 7. The summed E-state index contributed by atoms with van der Waals surface area (Å²) in [6.45, 7) is 0.683. The Kier molecular flexibility index (Phi) is 6.65. The molecule has 2 N–H and O–H groups in total. The normalized spacial score (nSPS) is 14.4. The number of benzene rings is 2. The minimum Gasteiger partial charge on any atom is -0.480 e. The minimum absolute atomic E-state index is 0.176. The lowest BCUT2D eigenvalue weighted by Gasteiger charge is -2.20. The fraction of sp³-hybridized carbons (Fsp3) is 0.261. The van der Waals surface area contributed by atoms with Gasteiger partial charge in [-0.3, -0.25) is 9.48 Å². The van der Waals surface area contributed by atoms with Gasteiger partial charge in [0.2, 0.25) is 0 Å². The van der Waals surface area contributed by atoms with Gasteiger partial charge in [-0.25, -0.2) is 13.6 Å². The number of anilines is 1. The Bertz CT molecular complexity index is 1330. The van der Waals surface area contributed by atoms with Crippen LogP contribution in [0.25, 0.3) is 11.3 Å². The molecule has 1 atom stereocenters. The quantitative estimate of drug-likeness (QED) is 0.361. The molecule has 1 aliphatic carbocycles. The number of aromatic carboxylic acids is 1. The summed E-state index contributed by atoms with van der Waals surface area (Å²) in [4.78, 5) is 24.4. The maximum Gasteiger partial charge on any atom is 0.425 e. The molecule has 0 unspecified atom stereocenters. The lowest BCUT2D eigenvalue weighted by molar-refractivity contribution is -0.189. The van der Waals surface area contributed by atoms with Gasteiger partial charge >= 0.3 is 12.1 Å². The highest BCUT2D eigenvalue weighted by Gasteiger charge is 2.39. The summed E-state index contributed by atoms with van der Waals surface area (Å²) in [5, 5.41) is 15.5. The highest BCUT2D eigenvalue weighted by atomic mass is 35.5. The van der Waals surface area contributed by atoms with Crippen molar-refractivity contribution in [3.05, 3.63) is 64.3 Å². The van der Waals surface area contributed by atoms with Gasteiger partial charge < -0.3 is 15.2 Å². The molecule has 0 radical (unpaired) electrons. The average Bonchev–Trinajstić information content (AvgIpc) is 3.54. The number of aromatic nitrogens is 2. The van der Waals surface area contributed by atoms with E-state index in [0.29, 0.717) is 25.8 Å². The van der Waals surface area contributed by atoms with Crippen LogP contribution in [-0.2, 0) is 0 Å². The second-order valence-electron chi connectivity index (χ2n) is 8.08. The van der Waals surface area contributed by atoms with Crippen LogP contribution in [0.1, 0.15) is 46.7 Å². The zero-order chi connectivity index (χ0) is 26.4. The molecule has 0 aliphatic heterocycles. The Morgan fingerprint density at radius 1 is 1.19 bits per heavy atom. The number of ether oxygens (including phenoxy) is 1. The minimum atomic E-state index is -4.83. The molecule has 1 aromatic heterocycles. The molecule has 1 aliphatic rings. The summed E-state index contributed by atoms with van der Waals surface area (Å²) in [7, 11) is 0. The summed E-state index contributed by atoms with van der Waals surface area (Å²) < 4.78 is 75.1. The van der Waals surface area contributed by atoms with Crippen LogP contribution < -0.4 is 10.1 Å². The molecule has 0 spiro atoms. The van der Waals surface area contributed by atoms with E-state index < -0.39 is 52.8 Å². The van der Waals surface area contributed by atoms with Gasteiger partial charge in [-0.15, -0.1) is 0 Å². The molecule has 4 rings (SSSR count). The average molecular weight is 530 g/mol. The number of carbonyl (C=O) groups excluding carboxylic acids is 1. The predicted octanol–water partition coefficient (Wildman–Crippen LogP) is 6.10. The first kappa shape index (κ1) is 25.4. The number of hydrogen-bond acceptors (Lipinski definition) is 4. The van der Waals surface area contributed by atoms with E-state index in [1.54, 1.807) is 0 Å². The molecule has 36 heavy (non-hydrogen) atoms. The number of halogens is 6. The molecule has 190 valence electrons. The third-order valence-electron chi connectivity index (χ3n) is 5.40. The highest BCUT2D eigenvalue weighted by Crippen LogP contribution is 2.38. The summed E-state index contributed by atoms with van der Waals surface area (Å²) in [6, 6.07) is 5.84. The van der Waals surface area contributed by atoms with Crippen molar-refractivity contribution in [1.29, 1.82) is 0 Å². The molecule has 1 heterocycles. The van der Waals surface area contributed by atoms with Crippen LogP contribution in [0.4, 0.5) is 27.6 Å². The lowest BCUT2D eigenvalue weighted by Crippen LogP contribution is -2.32. The summed E-state index contributed by atoms with van der Waals surface area (Å²) in [5.74, 6) is -5.21. The van der Waals surface area contributed by atoms with Gasteiger partial charge in [0.15, 0.2) is 6.10 Å². The summed E-state index contributed by atoms with van der Waals surface area (Å²) in [5.41, 5.74) is -1.93. The molecule has 1 amide bonds. The first-order chi connectivity index (χ1) is 16.9. The topological polar surface area (TPSA) is 93.4 Å². The van der Waals surface area contributed by atoms with Crippen LogP contribution in [-0.4, -0.2) is 39.0 Å². The Labute approximate surface area is 205 Å². The summed E-state index contributed by atoms with van der Waals surface area (Å²) in [6.07, 6.45) is -5.91. The number of nitrogens with one attached hydrogen (secondary N) is 1. The van der Waals surface area contributed by atoms with Crippen LogP contribution in [0, 0.1) is 11.6 Å². The maximum absolute atomic E-state index is 15.1. The first-order valence-electron chi connectivity index (χ1n) is 10.5. The van der Waals surface area contributed by atoms with E-state index >= 15 is 4.39 Å². The second kappa shape index (κ2) is 9.41. The van der Waals surface area contributed by atoms with Gasteiger partial charge in [0, 0.05) is 5.56 Å². The Morgan fingerprint density at radius 3 is 2.47 bits per heavy atom. The van der Waals surface area contributed by atoms with Crippen LogP contribution in [0.3, 0.4) is 0 Å². The molecule has 3 aromatic rings. The van der Waals surface area contributed by atoms with Gasteiger partial charge in [-0.05, 0) is 50.1 Å². The number of alkyl halides is 3.